The Hall–Kier alpha value is -2.44. The van der Waals surface area contributed by atoms with E-state index in [9.17, 15) is 18.8 Å². The summed E-state index contributed by atoms with van der Waals surface area (Å²) in [6.45, 7) is 2.45. The van der Waals surface area contributed by atoms with Gasteiger partial charge in [0.05, 0.1) is 5.69 Å². The molecule has 3 N–H and O–H groups in total. The summed E-state index contributed by atoms with van der Waals surface area (Å²) in [7, 11) is 0. The fourth-order valence-electron chi connectivity index (χ4n) is 1.25. The first-order chi connectivity index (χ1) is 8.81. The van der Waals surface area contributed by atoms with Crippen LogP contribution in [0.2, 0.25) is 0 Å². The maximum absolute atomic E-state index is 13.3. The molecule has 0 aliphatic heterocycles. The molecule has 1 atom stereocenters. The SMILES string of the molecule is CC(=O)Nc1cc(NC(=O)C(C)C(=O)O)ccc1F. The van der Waals surface area contributed by atoms with Crippen molar-refractivity contribution in [3.05, 3.63) is 24.0 Å². The zero-order valence-corrected chi connectivity index (χ0v) is 10.4. The van der Waals surface area contributed by atoms with Crippen LogP contribution in [-0.2, 0) is 14.4 Å². The lowest BCUT2D eigenvalue weighted by atomic mass is 10.1. The average Bonchev–Trinajstić information content (AvgIpc) is 2.31. The van der Waals surface area contributed by atoms with Crippen LogP contribution in [0.5, 0.6) is 0 Å². The number of carboxylic acids is 1. The number of carbonyl (C=O) groups is 3. The zero-order chi connectivity index (χ0) is 14.6. The molecule has 7 heteroatoms. The van der Waals surface area contributed by atoms with E-state index >= 15 is 0 Å². The second kappa shape index (κ2) is 5.94. The van der Waals surface area contributed by atoms with Crippen LogP contribution >= 0.6 is 0 Å². The van der Waals surface area contributed by atoms with Gasteiger partial charge in [0, 0.05) is 12.6 Å². The molecule has 2 amide bonds. The van der Waals surface area contributed by atoms with Gasteiger partial charge in [-0.2, -0.15) is 0 Å². The minimum absolute atomic E-state index is 0.0896. The van der Waals surface area contributed by atoms with Crippen molar-refractivity contribution in [2.45, 2.75) is 13.8 Å². The van der Waals surface area contributed by atoms with E-state index in [1.807, 2.05) is 0 Å². The topological polar surface area (TPSA) is 95.5 Å². The number of halogens is 1. The van der Waals surface area contributed by atoms with Gasteiger partial charge in [-0.15, -0.1) is 0 Å². The predicted octanol–water partition coefficient (Wildman–Crippen LogP) is 1.44. The number of carboxylic acid groups (broad SMARTS) is 1. The number of hydrogen-bond acceptors (Lipinski definition) is 3. The Labute approximate surface area is 108 Å². The van der Waals surface area contributed by atoms with Gasteiger partial charge in [-0.3, -0.25) is 14.4 Å². The second-order valence-electron chi connectivity index (χ2n) is 3.92. The summed E-state index contributed by atoms with van der Waals surface area (Å²) in [5.74, 6) is -4.33. The molecule has 0 aliphatic rings. The van der Waals surface area contributed by atoms with E-state index in [-0.39, 0.29) is 11.4 Å². The smallest absolute Gasteiger partial charge is 0.315 e. The van der Waals surface area contributed by atoms with Gasteiger partial charge in [-0.1, -0.05) is 0 Å². The van der Waals surface area contributed by atoms with Crippen molar-refractivity contribution in [1.29, 1.82) is 0 Å². The van der Waals surface area contributed by atoms with Crippen LogP contribution in [0.1, 0.15) is 13.8 Å². The van der Waals surface area contributed by atoms with E-state index in [1.54, 1.807) is 0 Å². The Morgan fingerprint density at radius 3 is 2.42 bits per heavy atom. The number of benzene rings is 1. The molecule has 0 saturated carbocycles. The van der Waals surface area contributed by atoms with Gasteiger partial charge in [-0.05, 0) is 25.1 Å². The van der Waals surface area contributed by atoms with Crippen LogP contribution in [-0.4, -0.2) is 22.9 Å². The first-order valence-corrected chi connectivity index (χ1v) is 5.42. The molecule has 0 aromatic heterocycles. The zero-order valence-electron chi connectivity index (χ0n) is 10.4. The molecule has 19 heavy (non-hydrogen) atoms. The molecule has 1 unspecified atom stereocenters. The summed E-state index contributed by atoms with van der Waals surface area (Å²) >= 11 is 0. The maximum atomic E-state index is 13.3. The molecule has 0 fully saturated rings. The fourth-order valence-corrected chi connectivity index (χ4v) is 1.25. The predicted molar refractivity (Wildman–Crippen MR) is 66.1 cm³/mol. The Morgan fingerprint density at radius 2 is 1.89 bits per heavy atom. The normalized spacial score (nSPS) is 11.5. The van der Waals surface area contributed by atoms with Crippen molar-refractivity contribution in [2.24, 2.45) is 5.92 Å². The van der Waals surface area contributed by atoms with Gasteiger partial charge in [0.15, 0.2) is 0 Å². The molecular weight excluding hydrogens is 255 g/mol. The van der Waals surface area contributed by atoms with Crippen molar-refractivity contribution < 1.29 is 23.9 Å². The lowest BCUT2D eigenvalue weighted by molar-refractivity contribution is -0.144. The van der Waals surface area contributed by atoms with Gasteiger partial charge in [0.25, 0.3) is 0 Å². The van der Waals surface area contributed by atoms with Crippen LogP contribution < -0.4 is 10.6 Å². The molecule has 0 radical (unpaired) electrons. The van der Waals surface area contributed by atoms with E-state index in [1.165, 1.54) is 26.0 Å². The standard InChI is InChI=1S/C12H13FN2O4/c1-6(12(18)19)11(17)15-8-3-4-9(13)10(5-8)14-7(2)16/h3-6H,1-2H3,(H,14,16)(H,15,17)(H,18,19). The fraction of sp³-hybridized carbons (Fsp3) is 0.250. The van der Waals surface area contributed by atoms with Crippen LogP contribution in [0, 0.1) is 11.7 Å². The van der Waals surface area contributed by atoms with Crippen molar-refractivity contribution in [3.8, 4) is 0 Å². The maximum Gasteiger partial charge on any atom is 0.315 e. The van der Waals surface area contributed by atoms with Crippen molar-refractivity contribution in [1.82, 2.24) is 0 Å². The number of carbonyl (C=O) groups excluding carboxylic acids is 2. The molecule has 0 heterocycles. The molecule has 1 rings (SSSR count). The third-order valence-electron chi connectivity index (χ3n) is 2.31. The number of hydrogen-bond donors (Lipinski definition) is 3. The number of rotatable bonds is 4. The Bertz CT molecular complexity index is 530. The molecule has 0 aliphatic carbocycles. The quantitative estimate of drug-likeness (QED) is 0.720. The van der Waals surface area contributed by atoms with Gasteiger partial charge in [-0.25, -0.2) is 4.39 Å². The molecule has 102 valence electrons. The molecule has 0 spiro atoms. The van der Waals surface area contributed by atoms with Crippen LogP contribution in [0.3, 0.4) is 0 Å². The monoisotopic (exact) mass is 268 g/mol. The third-order valence-corrected chi connectivity index (χ3v) is 2.31. The number of amides is 2. The highest BCUT2D eigenvalue weighted by atomic mass is 19.1. The highest BCUT2D eigenvalue weighted by Gasteiger charge is 2.20. The molecule has 1 aromatic rings. The van der Waals surface area contributed by atoms with E-state index in [0.717, 1.165) is 6.07 Å². The summed E-state index contributed by atoms with van der Waals surface area (Å²) in [4.78, 5) is 33.0. The molecule has 0 bridgehead atoms. The highest BCUT2D eigenvalue weighted by molar-refractivity contribution is 6.04. The van der Waals surface area contributed by atoms with Crippen molar-refractivity contribution in [3.63, 3.8) is 0 Å². The van der Waals surface area contributed by atoms with E-state index < -0.39 is 29.5 Å². The largest absolute Gasteiger partial charge is 0.481 e. The molecular formula is C12H13FN2O4. The molecule has 6 nitrogen and oxygen atoms in total. The lowest BCUT2D eigenvalue weighted by Crippen LogP contribution is -2.26. The van der Waals surface area contributed by atoms with E-state index in [0.29, 0.717) is 0 Å². The van der Waals surface area contributed by atoms with E-state index in [2.05, 4.69) is 10.6 Å². The van der Waals surface area contributed by atoms with Gasteiger partial charge >= 0.3 is 5.97 Å². The highest BCUT2D eigenvalue weighted by Crippen LogP contribution is 2.20. The Morgan fingerprint density at radius 1 is 1.26 bits per heavy atom. The van der Waals surface area contributed by atoms with Crippen LogP contribution in [0.25, 0.3) is 0 Å². The van der Waals surface area contributed by atoms with Gasteiger partial charge in [0.2, 0.25) is 11.8 Å². The van der Waals surface area contributed by atoms with Gasteiger partial charge < -0.3 is 15.7 Å². The summed E-state index contributed by atoms with van der Waals surface area (Å²) < 4.78 is 13.3. The molecule has 1 aromatic carbocycles. The second-order valence-corrected chi connectivity index (χ2v) is 3.92. The van der Waals surface area contributed by atoms with Crippen molar-refractivity contribution in [2.75, 3.05) is 10.6 Å². The van der Waals surface area contributed by atoms with Gasteiger partial charge in [0.1, 0.15) is 11.7 Å². The minimum atomic E-state index is -1.26. The minimum Gasteiger partial charge on any atom is -0.481 e. The summed E-state index contributed by atoms with van der Waals surface area (Å²) in [6, 6.07) is 3.54. The van der Waals surface area contributed by atoms with Crippen LogP contribution in [0.15, 0.2) is 18.2 Å². The number of anilines is 2. The van der Waals surface area contributed by atoms with Crippen molar-refractivity contribution >= 4 is 29.2 Å². The lowest BCUT2D eigenvalue weighted by Gasteiger charge is -2.10. The number of nitrogens with one attached hydrogen (secondary N) is 2. The first-order valence-electron chi connectivity index (χ1n) is 5.42. The average molecular weight is 268 g/mol. The summed E-state index contributed by atoms with van der Waals surface area (Å²) in [5, 5.41) is 13.3. The van der Waals surface area contributed by atoms with Crippen LogP contribution in [0.4, 0.5) is 15.8 Å². The summed E-state index contributed by atoms with van der Waals surface area (Å²) in [6.07, 6.45) is 0. The van der Waals surface area contributed by atoms with E-state index in [4.69, 9.17) is 5.11 Å². The first kappa shape index (κ1) is 14.6. The Balaban J connectivity index is 2.88. The molecule has 0 saturated heterocycles. The Kier molecular flexibility index (Phi) is 4.57. The summed E-state index contributed by atoms with van der Waals surface area (Å²) in [5.41, 5.74) is 0.108. The number of aliphatic carboxylic acids is 1. The third kappa shape index (κ3) is 4.06.